The van der Waals surface area contributed by atoms with E-state index >= 15 is 0 Å². The summed E-state index contributed by atoms with van der Waals surface area (Å²) >= 11 is 0. The van der Waals surface area contributed by atoms with Gasteiger partial charge in [-0.2, -0.15) is 5.10 Å². The average molecular weight is 281 g/mol. The van der Waals surface area contributed by atoms with E-state index in [2.05, 4.69) is 29.5 Å². The highest BCUT2D eigenvalue weighted by atomic mass is 16.3. The van der Waals surface area contributed by atoms with Gasteiger partial charge in [0.25, 0.3) is 0 Å². The van der Waals surface area contributed by atoms with Crippen molar-refractivity contribution >= 4 is 0 Å². The molecule has 1 N–H and O–H groups in total. The van der Waals surface area contributed by atoms with Gasteiger partial charge in [0.05, 0.1) is 23.7 Å². The normalized spacial score (nSPS) is 12.5. The molecular weight excluding hydrogens is 262 g/mol. The molecule has 21 heavy (non-hydrogen) atoms. The quantitative estimate of drug-likeness (QED) is 0.778. The van der Waals surface area contributed by atoms with Crippen LogP contribution in [-0.4, -0.2) is 16.3 Å². The Morgan fingerprint density at radius 2 is 2.00 bits per heavy atom. The number of para-hydroxylation sites is 1. The number of hydrogen-bond donors (Lipinski definition) is 1. The Kier molecular flexibility index (Phi) is 3.88. The van der Waals surface area contributed by atoms with Crippen LogP contribution in [-0.2, 0) is 0 Å². The van der Waals surface area contributed by atoms with Gasteiger partial charge in [0, 0.05) is 11.8 Å². The van der Waals surface area contributed by atoms with Crippen molar-refractivity contribution < 1.29 is 4.42 Å². The summed E-state index contributed by atoms with van der Waals surface area (Å²) in [4.78, 5) is 0. The van der Waals surface area contributed by atoms with E-state index in [0.717, 1.165) is 29.2 Å². The van der Waals surface area contributed by atoms with Crippen LogP contribution in [0.5, 0.6) is 0 Å². The van der Waals surface area contributed by atoms with Crippen molar-refractivity contribution in [2.45, 2.75) is 19.9 Å². The van der Waals surface area contributed by atoms with Crippen LogP contribution >= 0.6 is 0 Å². The average Bonchev–Trinajstić information content (AvgIpc) is 3.15. The predicted molar refractivity (Wildman–Crippen MR) is 82.5 cm³/mol. The molecule has 4 nitrogen and oxygen atoms in total. The molecular formula is C17H19N3O. The molecule has 0 fully saturated rings. The van der Waals surface area contributed by atoms with Crippen LogP contribution in [0.25, 0.3) is 5.69 Å². The summed E-state index contributed by atoms with van der Waals surface area (Å²) in [6, 6.07) is 14.3. The fourth-order valence-electron chi connectivity index (χ4n) is 2.59. The SMILES string of the molecule is CCNC(c1ccoc1C)c1ccnn1-c1ccccc1. The molecule has 0 aliphatic carbocycles. The molecule has 2 aromatic heterocycles. The predicted octanol–water partition coefficient (Wildman–Crippen LogP) is 3.47. The summed E-state index contributed by atoms with van der Waals surface area (Å²) in [5, 5.41) is 7.99. The van der Waals surface area contributed by atoms with Crippen molar-refractivity contribution in [1.82, 2.24) is 15.1 Å². The standard InChI is InChI=1S/C17H19N3O/c1-3-18-17(15-10-12-21-13(15)2)16-9-11-19-20(16)14-7-5-4-6-8-14/h4-12,17-18H,3H2,1-2H3. The van der Waals surface area contributed by atoms with Crippen LogP contribution in [0, 0.1) is 6.92 Å². The first-order valence-corrected chi connectivity index (χ1v) is 7.18. The number of aromatic nitrogens is 2. The maximum absolute atomic E-state index is 5.47. The van der Waals surface area contributed by atoms with Crippen molar-refractivity contribution in [3.8, 4) is 5.69 Å². The lowest BCUT2D eigenvalue weighted by atomic mass is 10.0. The number of furan rings is 1. The summed E-state index contributed by atoms with van der Waals surface area (Å²) in [6.07, 6.45) is 3.57. The van der Waals surface area contributed by atoms with Crippen molar-refractivity contribution in [2.24, 2.45) is 0 Å². The Labute approximate surface area is 124 Å². The molecule has 0 amide bonds. The lowest BCUT2D eigenvalue weighted by Crippen LogP contribution is -2.24. The maximum atomic E-state index is 5.47. The summed E-state index contributed by atoms with van der Waals surface area (Å²) in [5.74, 6) is 0.932. The molecule has 2 heterocycles. The lowest BCUT2D eigenvalue weighted by Gasteiger charge is -2.19. The highest BCUT2D eigenvalue weighted by molar-refractivity contribution is 5.37. The van der Waals surface area contributed by atoms with Crippen molar-refractivity contribution in [2.75, 3.05) is 6.54 Å². The van der Waals surface area contributed by atoms with Crippen LogP contribution < -0.4 is 5.32 Å². The van der Waals surface area contributed by atoms with E-state index in [-0.39, 0.29) is 6.04 Å². The van der Waals surface area contributed by atoms with E-state index in [0.29, 0.717) is 0 Å². The first-order valence-electron chi connectivity index (χ1n) is 7.18. The van der Waals surface area contributed by atoms with Gasteiger partial charge < -0.3 is 9.73 Å². The van der Waals surface area contributed by atoms with E-state index in [9.17, 15) is 0 Å². The van der Waals surface area contributed by atoms with E-state index in [1.807, 2.05) is 48.1 Å². The topological polar surface area (TPSA) is 43.0 Å². The third-order valence-corrected chi connectivity index (χ3v) is 3.59. The molecule has 0 saturated carbocycles. The second-order valence-electron chi connectivity index (χ2n) is 4.93. The Morgan fingerprint density at radius 3 is 2.67 bits per heavy atom. The van der Waals surface area contributed by atoms with Crippen LogP contribution in [0.2, 0.25) is 0 Å². The minimum Gasteiger partial charge on any atom is -0.469 e. The molecule has 4 heteroatoms. The number of nitrogens with zero attached hydrogens (tertiary/aromatic N) is 2. The molecule has 0 spiro atoms. The fourth-order valence-corrected chi connectivity index (χ4v) is 2.59. The molecule has 1 aromatic carbocycles. The van der Waals surface area contributed by atoms with Crippen molar-refractivity contribution in [3.05, 3.63) is 71.9 Å². The monoisotopic (exact) mass is 281 g/mol. The second-order valence-corrected chi connectivity index (χ2v) is 4.93. The number of benzene rings is 1. The summed E-state index contributed by atoms with van der Waals surface area (Å²) in [6.45, 7) is 4.96. The highest BCUT2D eigenvalue weighted by Gasteiger charge is 2.21. The number of rotatable bonds is 5. The minimum absolute atomic E-state index is 0.0662. The zero-order valence-electron chi connectivity index (χ0n) is 12.3. The second kappa shape index (κ2) is 5.97. The van der Waals surface area contributed by atoms with Gasteiger partial charge in [-0.15, -0.1) is 0 Å². The Bertz CT molecular complexity index is 700. The van der Waals surface area contributed by atoms with Gasteiger partial charge in [-0.05, 0) is 37.7 Å². The number of hydrogen-bond acceptors (Lipinski definition) is 3. The van der Waals surface area contributed by atoms with Gasteiger partial charge in [-0.25, -0.2) is 4.68 Å². The van der Waals surface area contributed by atoms with Crippen molar-refractivity contribution in [1.29, 1.82) is 0 Å². The lowest BCUT2D eigenvalue weighted by molar-refractivity contribution is 0.515. The first-order chi connectivity index (χ1) is 10.3. The molecule has 1 atom stereocenters. The molecule has 0 aliphatic rings. The number of nitrogens with one attached hydrogen (secondary N) is 1. The van der Waals surface area contributed by atoms with Gasteiger partial charge in [-0.3, -0.25) is 0 Å². The summed E-state index contributed by atoms with van der Waals surface area (Å²) < 4.78 is 7.44. The van der Waals surface area contributed by atoms with Gasteiger partial charge in [-0.1, -0.05) is 25.1 Å². The fraction of sp³-hybridized carbons (Fsp3) is 0.235. The maximum Gasteiger partial charge on any atom is 0.105 e. The van der Waals surface area contributed by atoms with E-state index in [4.69, 9.17) is 4.42 Å². The molecule has 0 aliphatic heterocycles. The molecule has 0 bridgehead atoms. The molecule has 108 valence electrons. The third kappa shape index (κ3) is 2.62. The third-order valence-electron chi connectivity index (χ3n) is 3.59. The Hall–Kier alpha value is -2.33. The Balaban J connectivity index is 2.06. The smallest absolute Gasteiger partial charge is 0.105 e. The Morgan fingerprint density at radius 1 is 1.19 bits per heavy atom. The van der Waals surface area contributed by atoms with Crippen LogP contribution in [0.3, 0.4) is 0 Å². The van der Waals surface area contributed by atoms with Gasteiger partial charge in [0.1, 0.15) is 5.76 Å². The largest absolute Gasteiger partial charge is 0.469 e. The number of aryl methyl sites for hydroxylation is 1. The summed E-state index contributed by atoms with van der Waals surface area (Å²) in [5.41, 5.74) is 3.31. The van der Waals surface area contributed by atoms with Gasteiger partial charge in [0.2, 0.25) is 0 Å². The van der Waals surface area contributed by atoms with Gasteiger partial charge >= 0.3 is 0 Å². The molecule has 0 saturated heterocycles. The van der Waals surface area contributed by atoms with Crippen LogP contribution in [0.1, 0.15) is 30.0 Å². The van der Waals surface area contributed by atoms with E-state index in [1.54, 1.807) is 6.26 Å². The molecule has 0 radical (unpaired) electrons. The van der Waals surface area contributed by atoms with Crippen LogP contribution in [0.15, 0.2) is 59.3 Å². The van der Waals surface area contributed by atoms with Crippen LogP contribution in [0.4, 0.5) is 0 Å². The minimum atomic E-state index is 0.0662. The van der Waals surface area contributed by atoms with Crippen molar-refractivity contribution in [3.63, 3.8) is 0 Å². The zero-order chi connectivity index (χ0) is 14.7. The molecule has 1 unspecified atom stereocenters. The van der Waals surface area contributed by atoms with Gasteiger partial charge in [0.15, 0.2) is 0 Å². The molecule has 3 aromatic rings. The van der Waals surface area contributed by atoms with E-state index < -0.39 is 0 Å². The summed E-state index contributed by atoms with van der Waals surface area (Å²) in [7, 11) is 0. The highest BCUT2D eigenvalue weighted by Crippen LogP contribution is 2.27. The van der Waals surface area contributed by atoms with E-state index in [1.165, 1.54) is 0 Å². The molecule has 3 rings (SSSR count). The zero-order valence-corrected chi connectivity index (χ0v) is 12.3. The first kappa shape index (κ1) is 13.6.